The minimum Gasteiger partial charge on any atom is -0.282 e. The van der Waals surface area contributed by atoms with Crippen molar-refractivity contribution in [2.24, 2.45) is 10.9 Å². The van der Waals surface area contributed by atoms with Crippen LogP contribution in [0.15, 0.2) is 47.5 Å². The highest BCUT2D eigenvalue weighted by molar-refractivity contribution is 6.05. The number of hydrogen-bond donors (Lipinski definition) is 0. The van der Waals surface area contributed by atoms with Crippen molar-refractivity contribution in [1.29, 1.82) is 5.26 Å². The van der Waals surface area contributed by atoms with Crippen molar-refractivity contribution in [1.82, 2.24) is 0 Å². The lowest BCUT2D eigenvalue weighted by molar-refractivity contribution is 0.434. The molecule has 1 aliphatic rings. The average Bonchev–Trinajstić information content (AvgIpc) is 2.73. The molecule has 0 aliphatic carbocycles. The fourth-order valence-electron chi connectivity index (χ4n) is 2.67. The van der Waals surface area contributed by atoms with E-state index in [1.807, 2.05) is 26.0 Å². The maximum Gasteiger partial charge on any atom is 0.0765 e. The molecule has 1 unspecified atom stereocenters. The third kappa shape index (κ3) is 2.02. The molecule has 1 aliphatic heterocycles. The van der Waals surface area contributed by atoms with Crippen LogP contribution in [0.3, 0.4) is 0 Å². The van der Waals surface area contributed by atoms with Gasteiger partial charge in [-0.15, -0.1) is 0 Å². The van der Waals surface area contributed by atoms with Crippen LogP contribution in [0.2, 0.25) is 0 Å². The van der Waals surface area contributed by atoms with E-state index in [1.165, 1.54) is 10.8 Å². The summed E-state index contributed by atoms with van der Waals surface area (Å²) in [7, 11) is 0. The van der Waals surface area contributed by atoms with Crippen molar-refractivity contribution in [2.75, 3.05) is 0 Å². The van der Waals surface area contributed by atoms with Crippen molar-refractivity contribution in [2.45, 2.75) is 25.8 Å². The zero-order valence-electron chi connectivity index (χ0n) is 11.2. The van der Waals surface area contributed by atoms with Gasteiger partial charge < -0.3 is 0 Å². The molecule has 19 heavy (non-hydrogen) atoms. The molecule has 0 aromatic heterocycles. The molecule has 2 heteroatoms. The summed E-state index contributed by atoms with van der Waals surface area (Å²) in [6.07, 6.45) is 0.752. The van der Waals surface area contributed by atoms with Gasteiger partial charge in [-0.1, -0.05) is 36.4 Å². The first-order chi connectivity index (χ1) is 9.10. The minimum atomic E-state index is -0.268. The Morgan fingerprint density at radius 1 is 1.16 bits per heavy atom. The van der Waals surface area contributed by atoms with Gasteiger partial charge in [0.15, 0.2) is 0 Å². The van der Waals surface area contributed by atoms with Gasteiger partial charge >= 0.3 is 0 Å². The third-order valence-corrected chi connectivity index (χ3v) is 3.91. The van der Waals surface area contributed by atoms with Crippen LogP contribution in [0.25, 0.3) is 10.8 Å². The van der Waals surface area contributed by atoms with Crippen molar-refractivity contribution >= 4 is 16.5 Å². The largest absolute Gasteiger partial charge is 0.282 e. The second kappa shape index (κ2) is 4.20. The molecule has 3 rings (SSSR count). The Bertz CT molecular complexity index is 705. The molecule has 2 nitrogen and oxygen atoms in total. The van der Waals surface area contributed by atoms with Crippen LogP contribution in [0, 0.1) is 17.2 Å². The summed E-state index contributed by atoms with van der Waals surface area (Å²) in [6.45, 7) is 4.07. The van der Waals surface area contributed by atoms with Gasteiger partial charge in [0.1, 0.15) is 0 Å². The van der Waals surface area contributed by atoms with E-state index in [1.54, 1.807) is 0 Å². The summed E-state index contributed by atoms with van der Waals surface area (Å²) in [4.78, 5) is 4.74. The quantitative estimate of drug-likeness (QED) is 0.752. The molecule has 0 saturated heterocycles. The summed E-state index contributed by atoms with van der Waals surface area (Å²) in [5.41, 5.74) is 1.93. The molecule has 0 bridgehead atoms. The van der Waals surface area contributed by atoms with Crippen molar-refractivity contribution in [3.8, 4) is 6.07 Å². The van der Waals surface area contributed by atoms with Crippen molar-refractivity contribution in [3.63, 3.8) is 0 Å². The predicted octanol–water partition coefficient (Wildman–Crippen LogP) is 3.95. The Labute approximate surface area is 113 Å². The monoisotopic (exact) mass is 248 g/mol. The number of aliphatic imine (C=N–C) groups is 1. The summed E-state index contributed by atoms with van der Waals surface area (Å²) in [5, 5.41) is 11.7. The van der Waals surface area contributed by atoms with Gasteiger partial charge in [0.25, 0.3) is 0 Å². The molecule has 0 N–H and O–H groups in total. The van der Waals surface area contributed by atoms with Crippen molar-refractivity contribution < 1.29 is 0 Å². The molecule has 1 atom stereocenters. The van der Waals surface area contributed by atoms with Gasteiger partial charge in [-0.2, -0.15) is 5.26 Å². The standard InChI is InChI=1S/C17H16N2/c1-17(2)15(11-18)10-16(19-17)14-8-7-12-5-3-4-6-13(12)9-14/h3-9,15H,10H2,1-2H3. The molecular weight excluding hydrogens is 232 g/mol. The van der Waals surface area contributed by atoms with E-state index in [9.17, 15) is 5.26 Å². The Kier molecular flexibility index (Phi) is 2.64. The van der Waals surface area contributed by atoms with Crippen LogP contribution in [-0.2, 0) is 0 Å². The number of benzene rings is 2. The second-order valence-corrected chi connectivity index (χ2v) is 5.66. The van der Waals surface area contributed by atoms with E-state index >= 15 is 0 Å². The number of nitrogens with zero attached hydrogens (tertiary/aromatic N) is 2. The highest BCUT2D eigenvalue weighted by atomic mass is 14.9. The number of nitriles is 1. The van der Waals surface area contributed by atoms with Crippen LogP contribution >= 0.6 is 0 Å². The lowest BCUT2D eigenvalue weighted by atomic mass is 9.88. The lowest BCUT2D eigenvalue weighted by Crippen LogP contribution is -2.22. The molecular formula is C17H16N2. The highest BCUT2D eigenvalue weighted by Crippen LogP contribution is 2.33. The van der Waals surface area contributed by atoms with Crippen LogP contribution < -0.4 is 0 Å². The van der Waals surface area contributed by atoms with Gasteiger partial charge in [-0.3, -0.25) is 4.99 Å². The topological polar surface area (TPSA) is 36.1 Å². The maximum absolute atomic E-state index is 9.21. The first-order valence-corrected chi connectivity index (χ1v) is 6.58. The van der Waals surface area contributed by atoms with Crippen LogP contribution in [0.1, 0.15) is 25.8 Å². The number of rotatable bonds is 1. The first kappa shape index (κ1) is 11.9. The Morgan fingerprint density at radius 3 is 2.58 bits per heavy atom. The Morgan fingerprint density at radius 2 is 1.89 bits per heavy atom. The summed E-state index contributed by atoms with van der Waals surface area (Å²) < 4.78 is 0. The van der Waals surface area contributed by atoms with Gasteiger partial charge in [0.2, 0.25) is 0 Å². The molecule has 94 valence electrons. The predicted molar refractivity (Wildman–Crippen MR) is 78.3 cm³/mol. The number of fused-ring (bicyclic) bond motifs is 1. The third-order valence-electron chi connectivity index (χ3n) is 3.91. The smallest absolute Gasteiger partial charge is 0.0765 e. The Balaban J connectivity index is 2.05. The van der Waals surface area contributed by atoms with Crippen LogP contribution in [-0.4, -0.2) is 11.3 Å². The van der Waals surface area contributed by atoms with E-state index in [0.717, 1.165) is 17.7 Å². The van der Waals surface area contributed by atoms with Gasteiger partial charge in [-0.05, 0) is 36.2 Å². The fraction of sp³-hybridized carbons (Fsp3) is 0.294. The number of hydrogen-bond acceptors (Lipinski definition) is 2. The molecule has 2 aromatic rings. The van der Waals surface area contributed by atoms with Gasteiger partial charge in [0, 0.05) is 12.1 Å². The zero-order chi connectivity index (χ0) is 13.5. The van der Waals surface area contributed by atoms with Gasteiger partial charge in [-0.25, -0.2) is 0 Å². The fourth-order valence-corrected chi connectivity index (χ4v) is 2.67. The average molecular weight is 248 g/mol. The maximum atomic E-state index is 9.21. The normalized spacial score (nSPS) is 21.1. The summed E-state index contributed by atoms with van der Waals surface area (Å²) in [5.74, 6) is -0.0195. The molecule has 0 spiro atoms. The zero-order valence-corrected chi connectivity index (χ0v) is 11.2. The molecule has 0 amide bonds. The van der Waals surface area contributed by atoms with E-state index in [2.05, 4.69) is 36.4 Å². The first-order valence-electron chi connectivity index (χ1n) is 6.58. The van der Waals surface area contributed by atoms with E-state index < -0.39 is 0 Å². The molecule has 2 aromatic carbocycles. The highest BCUT2D eigenvalue weighted by Gasteiger charge is 2.36. The Hall–Kier alpha value is -2.14. The second-order valence-electron chi connectivity index (χ2n) is 5.66. The minimum absolute atomic E-state index is 0.0195. The van der Waals surface area contributed by atoms with Gasteiger partial charge in [0.05, 0.1) is 17.5 Å². The summed E-state index contributed by atoms with van der Waals surface area (Å²) >= 11 is 0. The molecule has 0 radical (unpaired) electrons. The van der Waals surface area contributed by atoms with Crippen molar-refractivity contribution in [3.05, 3.63) is 48.0 Å². The molecule has 1 heterocycles. The van der Waals surface area contributed by atoms with E-state index in [-0.39, 0.29) is 11.5 Å². The lowest BCUT2D eigenvalue weighted by Gasteiger charge is -2.17. The SMILES string of the molecule is CC1(C)N=C(c2ccc3ccccc3c2)CC1C#N. The summed E-state index contributed by atoms with van der Waals surface area (Å²) in [6, 6.07) is 17.1. The van der Waals surface area contributed by atoms with E-state index in [0.29, 0.717) is 0 Å². The van der Waals surface area contributed by atoms with Crippen LogP contribution in [0.4, 0.5) is 0 Å². The molecule has 0 fully saturated rings. The van der Waals surface area contributed by atoms with E-state index in [4.69, 9.17) is 4.99 Å². The van der Waals surface area contributed by atoms with Crippen LogP contribution in [0.5, 0.6) is 0 Å². The molecule has 0 saturated carbocycles.